The Hall–Kier alpha value is -1.49. The van der Waals surface area contributed by atoms with Crippen LogP contribution >= 0.6 is 22.9 Å². The summed E-state index contributed by atoms with van der Waals surface area (Å²) in [6, 6.07) is 4.32. The van der Waals surface area contributed by atoms with Gasteiger partial charge in [-0.25, -0.2) is 17.8 Å². The predicted octanol–water partition coefficient (Wildman–Crippen LogP) is 3.72. The number of benzene rings is 1. The molecule has 0 aliphatic carbocycles. The van der Waals surface area contributed by atoms with E-state index in [4.69, 9.17) is 11.6 Å². The number of nitrogens with zero attached hydrogens (tertiary/aromatic N) is 2. The van der Waals surface area contributed by atoms with Gasteiger partial charge in [-0.05, 0) is 44.0 Å². The van der Waals surface area contributed by atoms with Crippen molar-refractivity contribution in [2.75, 3.05) is 29.7 Å². The lowest BCUT2D eigenvalue weighted by atomic mass is 9.93. The third-order valence-corrected chi connectivity index (χ3v) is 7.80. The van der Waals surface area contributed by atoms with Crippen molar-refractivity contribution in [2.45, 2.75) is 35.9 Å². The summed E-state index contributed by atoms with van der Waals surface area (Å²) in [7, 11) is -3.93. The number of halogens is 3. The monoisotopic (exact) mass is 448 g/mol. The number of nitrogens with one attached hydrogen (secondary N) is 2. The summed E-state index contributed by atoms with van der Waals surface area (Å²) < 4.78 is 54.0. The molecule has 2 aromatic rings. The average molecular weight is 449 g/mol. The van der Waals surface area contributed by atoms with Crippen LogP contribution in [0.2, 0.25) is 5.02 Å². The van der Waals surface area contributed by atoms with Crippen LogP contribution in [0.3, 0.4) is 0 Å². The molecule has 0 bridgehead atoms. The molecule has 1 aromatic heterocycles. The molecule has 3 heterocycles. The molecular formula is C17H19ClF2N4O2S2. The van der Waals surface area contributed by atoms with Crippen molar-refractivity contribution < 1.29 is 17.2 Å². The Morgan fingerprint density at radius 1 is 1.43 bits per heavy atom. The highest BCUT2D eigenvalue weighted by molar-refractivity contribution is 7.93. The Kier molecular flexibility index (Phi) is 5.24. The van der Waals surface area contributed by atoms with E-state index in [0.29, 0.717) is 36.5 Å². The van der Waals surface area contributed by atoms with Crippen LogP contribution < -0.4 is 10.0 Å². The van der Waals surface area contributed by atoms with E-state index in [2.05, 4.69) is 19.9 Å². The van der Waals surface area contributed by atoms with Gasteiger partial charge in [-0.2, -0.15) is 4.39 Å². The van der Waals surface area contributed by atoms with E-state index in [1.54, 1.807) is 6.07 Å². The lowest BCUT2D eigenvalue weighted by Crippen LogP contribution is -2.44. The summed E-state index contributed by atoms with van der Waals surface area (Å²) in [5, 5.41) is 2.85. The Balaban J connectivity index is 1.47. The highest BCUT2D eigenvalue weighted by atomic mass is 35.5. The summed E-state index contributed by atoms with van der Waals surface area (Å²) in [5.41, 5.74) is 0.383. The van der Waals surface area contributed by atoms with Gasteiger partial charge in [0.25, 0.3) is 10.0 Å². The van der Waals surface area contributed by atoms with Gasteiger partial charge in [0.15, 0.2) is 10.3 Å². The third kappa shape index (κ3) is 3.83. The zero-order valence-corrected chi connectivity index (χ0v) is 17.2. The van der Waals surface area contributed by atoms with E-state index in [1.165, 1.54) is 12.1 Å². The third-order valence-electron chi connectivity index (χ3n) is 5.32. The fourth-order valence-corrected chi connectivity index (χ4v) is 6.16. The summed E-state index contributed by atoms with van der Waals surface area (Å²) in [6.07, 6.45) is 2.60. The zero-order valence-electron chi connectivity index (χ0n) is 14.8. The molecule has 1 aromatic carbocycles. The maximum Gasteiger partial charge on any atom is 0.263 e. The first kappa shape index (κ1) is 19.8. The van der Waals surface area contributed by atoms with E-state index < -0.39 is 21.3 Å². The molecule has 0 spiro atoms. The van der Waals surface area contributed by atoms with Gasteiger partial charge in [-0.15, -0.1) is 0 Å². The highest BCUT2D eigenvalue weighted by Crippen LogP contribution is 2.40. The van der Waals surface area contributed by atoms with Crippen molar-refractivity contribution in [3.8, 4) is 0 Å². The van der Waals surface area contributed by atoms with Gasteiger partial charge in [0.2, 0.25) is 0 Å². The summed E-state index contributed by atoms with van der Waals surface area (Å²) >= 11 is 6.88. The molecule has 0 unspecified atom stereocenters. The van der Waals surface area contributed by atoms with Crippen LogP contribution in [0.1, 0.15) is 19.3 Å². The van der Waals surface area contributed by atoms with Gasteiger partial charge in [-0.3, -0.25) is 9.62 Å². The Bertz CT molecular complexity index is 987. The minimum Gasteiger partial charge on any atom is -0.382 e. The van der Waals surface area contributed by atoms with Crippen LogP contribution in [0, 0.1) is 5.13 Å². The van der Waals surface area contributed by atoms with Crippen LogP contribution in [0.4, 0.5) is 19.6 Å². The van der Waals surface area contributed by atoms with Gasteiger partial charge in [-0.1, -0.05) is 22.9 Å². The van der Waals surface area contributed by atoms with E-state index in [1.807, 2.05) is 0 Å². The predicted molar refractivity (Wildman–Crippen MR) is 106 cm³/mol. The first-order chi connectivity index (χ1) is 13.3. The van der Waals surface area contributed by atoms with E-state index in [9.17, 15) is 17.2 Å². The molecule has 11 heteroatoms. The van der Waals surface area contributed by atoms with E-state index in [-0.39, 0.29) is 20.6 Å². The fourth-order valence-electron chi connectivity index (χ4n) is 4.04. The largest absolute Gasteiger partial charge is 0.382 e. The van der Waals surface area contributed by atoms with Gasteiger partial charge in [0.05, 0.1) is 21.8 Å². The van der Waals surface area contributed by atoms with Crippen molar-refractivity contribution in [3.05, 3.63) is 34.5 Å². The quantitative estimate of drug-likeness (QED) is 0.704. The fraction of sp³-hybridized carbons (Fsp3) is 0.471. The van der Waals surface area contributed by atoms with Crippen molar-refractivity contribution in [1.82, 2.24) is 9.88 Å². The van der Waals surface area contributed by atoms with Crippen molar-refractivity contribution in [2.24, 2.45) is 0 Å². The van der Waals surface area contributed by atoms with Crippen LogP contribution in [-0.4, -0.2) is 49.6 Å². The number of aromatic nitrogens is 1. The molecule has 2 saturated heterocycles. The van der Waals surface area contributed by atoms with Gasteiger partial charge >= 0.3 is 0 Å². The standard InChI is InChI=1S/C17H19ClF2N4O2S2/c18-13-6-12(28(25,26)23-16-21-8-15(20)27-16)2-3-14(13)22-10-17-4-1-5-24(17)9-11(19)7-17/h2-3,6,8,11,22H,1,4-5,7,9-10H2,(H,21,23)/t11-,17+/m1/s1. The van der Waals surface area contributed by atoms with Gasteiger partial charge in [0.1, 0.15) is 6.17 Å². The summed E-state index contributed by atoms with van der Waals surface area (Å²) in [4.78, 5) is 5.79. The maximum atomic E-state index is 13.9. The lowest BCUT2D eigenvalue weighted by Gasteiger charge is -2.32. The van der Waals surface area contributed by atoms with Gasteiger partial charge < -0.3 is 5.32 Å². The van der Waals surface area contributed by atoms with Crippen LogP contribution in [0.15, 0.2) is 29.3 Å². The molecular weight excluding hydrogens is 430 g/mol. The van der Waals surface area contributed by atoms with Gasteiger partial charge in [0, 0.05) is 18.6 Å². The SMILES string of the molecule is O=S(=O)(Nc1ncc(F)s1)c1ccc(NC[C@@]23CCCN2C[C@H](F)C3)c(Cl)c1. The first-order valence-electron chi connectivity index (χ1n) is 8.84. The summed E-state index contributed by atoms with van der Waals surface area (Å²) in [5.74, 6) is 0. The molecule has 2 fully saturated rings. The molecule has 2 atom stereocenters. The number of thiazole rings is 1. The first-order valence-corrected chi connectivity index (χ1v) is 11.5. The number of rotatable bonds is 6. The second-order valence-corrected chi connectivity index (χ2v) is 10.2. The number of alkyl halides is 1. The van der Waals surface area contributed by atoms with Crippen molar-refractivity contribution in [1.29, 1.82) is 0 Å². The molecule has 2 aliphatic heterocycles. The lowest BCUT2D eigenvalue weighted by molar-refractivity contribution is 0.209. The molecule has 0 radical (unpaired) electrons. The molecule has 4 rings (SSSR count). The molecule has 6 nitrogen and oxygen atoms in total. The average Bonchev–Trinajstić information content (AvgIpc) is 3.27. The second kappa shape index (κ2) is 7.40. The summed E-state index contributed by atoms with van der Waals surface area (Å²) in [6.45, 7) is 1.92. The molecule has 0 saturated carbocycles. The Morgan fingerprint density at radius 3 is 2.96 bits per heavy atom. The molecule has 28 heavy (non-hydrogen) atoms. The minimum atomic E-state index is -3.93. The zero-order chi connectivity index (χ0) is 19.9. The second-order valence-electron chi connectivity index (χ2n) is 7.15. The van der Waals surface area contributed by atoms with E-state index in [0.717, 1.165) is 25.6 Å². The molecule has 2 aliphatic rings. The number of anilines is 2. The number of hydrogen-bond donors (Lipinski definition) is 2. The topological polar surface area (TPSA) is 74.3 Å². The maximum absolute atomic E-state index is 13.9. The van der Waals surface area contributed by atoms with Crippen LogP contribution in [0.25, 0.3) is 0 Å². The van der Waals surface area contributed by atoms with Crippen LogP contribution in [0.5, 0.6) is 0 Å². The van der Waals surface area contributed by atoms with Crippen molar-refractivity contribution in [3.63, 3.8) is 0 Å². The normalized spacial score (nSPS) is 25.0. The minimum absolute atomic E-state index is 0.0518. The van der Waals surface area contributed by atoms with E-state index >= 15 is 0 Å². The molecule has 2 N–H and O–H groups in total. The molecule has 0 amide bonds. The number of hydrogen-bond acceptors (Lipinski definition) is 6. The number of sulfonamides is 1. The van der Waals surface area contributed by atoms with Crippen LogP contribution in [-0.2, 0) is 10.0 Å². The smallest absolute Gasteiger partial charge is 0.263 e. The van der Waals surface area contributed by atoms with Crippen molar-refractivity contribution >= 4 is 43.8 Å². The molecule has 152 valence electrons. The Labute approximate surface area is 171 Å². The Morgan fingerprint density at radius 2 is 2.25 bits per heavy atom. The number of fused-ring (bicyclic) bond motifs is 1. The highest BCUT2D eigenvalue weighted by Gasteiger charge is 2.48.